The summed E-state index contributed by atoms with van der Waals surface area (Å²) in [4.78, 5) is 14.6. The first kappa shape index (κ1) is 13.4. The van der Waals surface area contributed by atoms with Gasteiger partial charge in [0.05, 0.1) is 0 Å². The average molecular weight is 345 g/mol. The van der Waals surface area contributed by atoms with E-state index in [1.807, 2.05) is 0 Å². The molecule has 0 fully saturated rings. The summed E-state index contributed by atoms with van der Waals surface area (Å²) in [5, 5.41) is 0. The van der Waals surface area contributed by atoms with Crippen LogP contribution in [0.4, 0.5) is 13.2 Å². The number of carbonyl (C=O) groups excluding carboxylic acids is 1. The zero-order chi connectivity index (χ0) is 12.3. The van der Waals surface area contributed by atoms with E-state index in [9.17, 15) is 18.0 Å². The molecule has 0 N–H and O–H groups in total. The number of hydrogen-bond donors (Lipinski definition) is 0. The minimum Gasteiger partial charge on any atom is -0.367 e. The Morgan fingerprint density at radius 1 is 1.56 bits per heavy atom. The monoisotopic (exact) mass is 345 g/mol. The van der Waals surface area contributed by atoms with Crippen LogP contribution in [0.1, 0.15) is 22.2 Å². The summed E-state index contributed by atoms with van der Waals surface area (Å²) in [6.45, 7) is 0. The number of rotatable bonds is 3. The van der Waals surface area contributed by atoms with Crippen LogP contribution < -0.4 is 0 Å². The molecule has 0 aromatic carbocycles. The third-order valence-electron chi connectivity index (χ3n) is 1.82. The van der Waals surface area contributed by atoms with E-state index in [0.29, 0.717) is 0 Å². The molecule has 0 amide bonds. The average Bonchev–Trinajstić information content (AvgIpc) is 2.17. The van der Waals surface area contributed by atoms with Gasteiger partial charge in [-0.05, 0) is 17.7 Å². The Hall–Kier alpha value is -0.700. The third kappa shape index (κ3) is 3.14. The lowest BCUT2D eigenvalue weighted by molar-refractivity contribution is -0.216. The highest BCUT2D eigenvalue weighted by molar-refractivity contribution is 14.1. The van der Waals surface area contributed by atoms with Crippen LogP contribution in [0.3, 0.4) is 0 Å². The Balaban J connectivity index is 3.11. The molecule has 0 bridgehead atoms. The summed E-state index contributed by atoms with van der Waals surface area (Å²) >= 11 is 1.46. The molecule has 1 heterocycles. The highest BCUT2D eigenvalue weighted by Gasteiger charge is 2.41. The maximum Gasteiger partial charge on any atom is 0.418 e. The number of halogens is 4. The predicted octanol–water partition coefficient (Wildman–Crippen LogP) is 2.91. The molecule has 88 valence electrons. The van der Waals surface area contributed by atoms with Gasteiger partial charge >= 0.3 is 6.18 Å². The van der Waals surface area contributed by atoms with Crippen LogP contribution in [-0.4, -0.2) is 22.1 Å². The molecule has 0 saturated heterocycles. The van der Waals surface area contributed by atoms with Crippen molar-refractivity contribution in [2.45, 2.75) is 12.3 Å². The molecule has 0 saturated carbocycles. The van der Waals surface area contributed by atoms with Crippen LogP contribution in [0.5, 0.6) is 0 Å². The lowest BCUT2D eigenvalue weighted by Gasteiger charge is -2.18. The molecule has 1 unspecified atom stereocenters. The molecule has 1 atom stereocenters. The minimum atomic E-state index is -4.51. The molecule has 0 aliphatic carbocycles. The number of ether oxygens (including phenoxy) is 1. The Labute approximate surface area is 103 Å². The van der Waals surface area contributed by atoms with Crippen molar-refractivity contribution in [3.8, 4) is 0 Å². The summed E-state index contributed by atoms with van der Waals surface area (Å²) in [5.74, 6) is 0. The topological polar surface area (TPSA) is 39.2 Å². The number of pyridine rings is 1. The second-order valence-corrected chi connectivity index (χ2v) is 3.89. The van der Waals surface area contributed by atoms with E-state index in [2.05, 4.69) is 9.72 Å². The fraction of sp³-hybridized carbons (Fsp3) is 0.333. The van der Waals surface area contributed by atoms with Crippen molar-refractivity contribution in [3.63, 3.8) is 0 Å². The number of hydrogen-bond acceptors (Lipinski definition) is 3. The molecule has 16 heavy (non-hydrogen) atoms. The van der Waals surface area contributed by atoms with Crippen LogP contribution in [0.25, 0.3) is 0 Å². The van der Waals surface area contributed by atoms with Crippen LogP contribution >= 0.6 is 22.6 Å². The first-order valence-corrected chi connectivity index (χ1v) is 5.19. The smallest absolute Gasteiger partial charge is 0.367 e. The van der Waals surface area contributed by atoms with E-state index >= 15 is 0 Å². The molecule has 1 aromatic heterocycles. The van der Waals surface area contributed by atoms with E-state index in [1.165, 1.54) is 28.7 Å². The third-order valence-corrected chi connectivity index (χ3v) is 2.37. The van der Waals surface area contributed by atoms with E-state index in [1.54, 1.807) is 0 Å². The summed E-state index contributed by atoms with van der Waals surface area (Å²) in [5.41, 5.74) is -0.158. The Morgan fingerprint density at radius 3 is 2.62 bits per heavy atom. The van der Waals surface area contributed by atoms with Crippen LogP contribution in [0, 0.1) is 0 Å². The van der Waals surface area contributed by atoms with Gasteiger partial charge < -0.3 is 4.74 Å². The normalized spacial score (nSPS) is 13.6. The lowest BCUT2D eigenvalue weighted by atomic mass is 10.1. The Bertz CT molecular complexity index is 395. The molecule has 0 spiro atoms. The maximum absolute atomic E-state index is 12.5. The summed E-state index contributed by atoms with van der Waals surface area (Å²) in [6, 6.07) is 2.25. The Morgan fingerprint density at radius 2 is 2.19 bits per heavy atom. The highest BCUT2D eigenvalue weighted by Crippen LogP contribution is 2.35. The van der Waals surface area contributed by atoms with Crippen molar-refractivity contribution in [1.82, 2.24) is 4.98 Å². The number of carbonyl (C=O) groups is 1. The quantitative estimate of drug-likeness (QED) is 0.625. The van der Waals surface area contributed by atoms with E-state index < -0.39 is 16.1 Å². The molecule has 0 radical (unpaired) electrons. The zero-order valence-electron chi connectivity index (χ0n) is 8.08. The fourth-order valence-electron chi connectivity index (χ4n) is 1.18. The highest BCUT2D eigenvalue weighted by atomic mass is 127. The van der Waals surface area contributed by atoms with Gasteiger partial charge in [0, 0.05) is 35.9 Å². The lowest BCUT2D eigenvalue weighted by Crippen LogP contribution is -2.22. The molecule has 7 heteroatoms. The fourth-order valence-corrected chi connectivity index (χ4v) is 1.47. The maximum atomic E-state index is 12.5. The van der Waals surface area contributed by atoms with Crippen LogP contribution in [-0.2, 0) is 4.74 Å². The van der Waals surface area contributed by atoms with Gasteiger partial charge in [-0.25, -0.2) is 0 Å². The van der Waals surface area contributed by atoms with Crippen molar-refractivity contribution in [2.24, 2.45) is 0 Å². The Kier molecular flexibility index (Phi) is 4.25. The molecular weight excluding hydrogens is 338 g/mol. The van der Waals surface area contributed by atoms with Crippen molar-refractivity contribution < 1.29 is 22.7 Å². The van der Waals surface area contributed by atoms with Crippen LogP contribution in [0.2, 0.25) is 0 Å². The standard InChI is InChI=1S/C9H7F3INO2/c1-16-7(9(10,11)12)5-2-3-14-6(4-5)8(13)15/h2-4,7H,1H3. The number of nitrogens with zero attached hydrogens (tertiary/aromatic N) is 1. The van der Waals surface area contributed by atoms with Gasteiger partial charge in [0.1, 0.15) is 5.69 Å². The van der Waals surface area contributed by atoms with Gasteiger partial charge in [0.2, 0.25) is 3.79 Å². The molecule has 0 aliphatic rings. The number of alkyl halides is 3. The first-order valence-electron chi connectivity index (χ1n) is 4.11. The van der Waals surface area contributed by atoms with Crippen molar-refractivity contribution in [3.05, 3.63) is 29.6 Å². The largest absolute Gasteiger partial charge is 0.418 e. The molecule has 1 aromatic rings. The van der Waals surface area contributed by atoms with Crippen molar-refractivity contribution >= 4 is 26.4 Å². The SMILES string of the molecule is COC(c1ccnc(C(=O)I)c1)C(F)(F)F. The second-order valence-electron chi connectivity index (χ2n) is 2.91. The molecule has 0 aliphatic heterocycles. The van der Waals surface area contributed by atoms with E-state index in [0.717, 1.165) is 19.4 Å². The summed E-state index contributed by atoms with van der Waals surface area (Å²) in [6.07, 6.45) is -5.40. The van der Waals surface area contributed by atoms with Gasteiger partial charge in [-0.1, -0.05) is 0 Å². The van der Waals surface area contributed by atoms with Crippen molar-refractivity contribution in [1.29, 1.82) is 0 Å². The van der Waals surface area contributed by atoms with Gasteiger partial charge in [0.15, 0.2) is 6.10 Å². The molecule has 1 rings (SSSR count). The first-order chi connectivity index (χ1) is 7.36. The van der Waals surface area contributed by atoms with Gasteiger partial charge in [-0.15, -0.1) is 0 Å². The molecule has 3 nitrogen and oxygen atoms in total. The number of methoxy groups -OCH3 is 1. The minimum absolute atomic E-state index is 0.0237. The number of aromatic nitrogens is 1. The summed E-state index contributed by atoms with van der Waals surface area (Å²) < 4.78 is 41.5. The van der Waals surface area contributed by atoms with E-state index in [-0.39, 0.29) is 11.3 Å². The molecular formula is C9H7F3INO2. The van der Waals surface area contributed by atoms with E-state index in [4.69, 9.17) is 0 Å². The van der Waals surface area contributed by atoms with Crippen molar-refractivity contribution in [2.75, 3.05) is 7.11 Å². The van der Waals surface area contributed by atoms with Gasteiger partial charge in [-0.2, -0.15) is 13.2 Å². The second kappa shape index (κ2) is 5.09. The summed E-state index contributed by atoms with van der Waals surface area (Å²) in [7, 11) is 0.962. The predicted molar refractivity (Wildman–Crippen MR) is 58.4 cm³/mol. The van der Waals surface area contributed by atoms with Gasteiger partial charge in [-0.3, -0.25) is 9.78 Å². The van der Waals surface area contributed by atoms with Crippen LogP contribution in [0.15, 0.2) is 18.3 Å². The van der Waals surface area contributed by atoms with Gasteiger partial charge in [0.25, 0.3) is 0 Å². The zero-order valence-corrected chi connectivity index (χ0v) is 10.2.